The molecular formula is C6H11F2N. The third-order valence-electron chi connectivity index (χ3n) is 1.75. The van der Waals surface area contributed by atoms with Crippen LogP contribution in [0.5, 0.6) is 0 Å². The largest absolute Gasteiger partial charge is 0.330 e. The van der Waals surface area contributed by atoms with Crippen LogP contribution < -0.4 is 5.73 Å². The number of nitrogens with two attached hydrogens (primary N) is 1. The molecule has 0 amide bonds. The van der Waals surface area contributed by atoms with E-state index in [4.69, 9.17) is 5.73 Å². The number of halogens is 2. The van der Waals surface area contributed by atoms with Gasteiger partial charge in [0.05, 0.1) is 0 Å². The van der Waals surface area contributed by atoms with Crippen LogP contribution in [0.1, 0.15) is 19.3 Å². The Morgan fingerprint density at radius 3 is 2.33 bits per heavy atom. The van der Waals surface area contributed by atoms with Crippen LogP contribution >= 0.6 is 0 Å². The van der Waals surface area contributed by atoms with E-state index in [1.807, 2.05) is 0 Å². The Labute approximate surface area is 53.2 Å². The molecule has 1 saturated carbocycles. The highest BCUT2D eigenvalue weighted by Gasteiger charge is 2.44. The third kappa shape index (κ3) is 1.61. The SMILES string of the molecule is NCCC1CC(F)(F)C1. The Hall–Kier alpha value is -0.180. The molecule has 0 radical (unpaired) electrons. The van der Waals surface area contributed by atoms with Gasteiger partial charge in [0.2, 0.25) is 5.92 Å². The van der Waals surface area contributed by atoms with E-state index in [1.54, 1.807) is 0 Å². The van der Waals surface area contributed by atoms with Crippen LogP contribution in [0.25, 0.3) is 0 Å². The van der Waals surface area contributed by atoms with Gasteiger partial charge in [-0.25, -0.2) is 8.78 Å². The molecule has 0 heterocycles. The molecule has 0 aromatic heterocycles. The van der Waals surface area contributed by atoms with E-state index in [9.17, 15) is 8.78 Å². The average molecular weight is 135 g/mol. The molecular weight excluding hydrogens is 124 g/mol. The smallest absolute Gasteiger partial charge is 0.248 e. The molecule has 1 fully saturated rings. The molecule has 0 bridgehead atoms. The van der Waals surface area contributed by atoms with E-state index in [0.29, 0.717) is 6.54 Å². The van der Waals surface area contributed by atoms with Crippen molar-refractivity contribution in [3.63, 3.8) is 0 Å². The van der Waals surface area contributed by atoms with Crippen molar-refractivity contribution in [1.82, 2.24) is 0 Å². The molecule has 54 valence electrons. The molecule has 1 aliphatic carbocycles. The fourth-order valence-electron chi connectivity index (χ4n) is 1.22. The van der Waals surface area contributed by atoms with Gasteiger partial charge in [-0.3, -0.25) is 0 Å². The molecule has 0 aliphatic heterocycles. The summed E-state index contributed by atoms with van der Waals surface area (Å²) in [7, 11) is 0. The second kappa shape index (κ2) is 2.21. The number of alkyl halides is 2. The maximum absolute atomic E-state index is 12.1. The average Bonchev–Trinajstić information content (AvgIpc) is 1.62. The van der Waals surface area contributed by atoms with Gasteiger partial charge >= 0.3 is 0 Å². The fraction of sp³-hybridized carbons (Fsp3) is 1.00. The van der Waals surface area contributed by atoms with Crippen molar-refractivity contribution in [2.45, 2.75) is 25.2 Å². The molecule has 2 N–H and O–H groups in total. The predicted octanol–water partition coefficient (Wildman–Crippen LogP) is 1.38. The van der Waals surface area contributed by atoms with Crippen LogP contribution in [-0.4, -0.2) is 12.5 Å². The zero-order valence-electron chi connectivity index (χ0n) is 5.24. The topological polar surface area (TPSA) is 26.0 Å². The van der Waals surface area contributed by atoms with E-state index in [1.165, 1.54) is 0 Å². The molecule has 9 heavy (non-hydrogen) atoms. The summed E-state index contributed by atoms with van der Waals surface area (Å²) in [6, 6.07) is 0. The van der Waals surface area contributed by atoms with Gasteiger partial charge in [-0.15, -0.1) is 0 Å². The molecule has 0 saturated heterocycles. The zero-order chi connectivity index (χ0) is 6.91. The highest BCUT2D eigenvalue weighted by Crippen LogP contribution is 2.43. The number of hydrogen-bond acceptors (Lipinski definition) is 1. The molecule has 3 heteroatoms. The minimum atomic E-state index is -2.36. The minimum absolute atomic E-state index is 0.0597. The Kier molecular flexibility index (Phi) is 1.70. The Balaban J connectivity index is 2.12. The normalized spacial score (nSPS) is 25.7. The summed E-state index contributed by atoms with van der Waals surface area (Å²) in [5.74, 6) is -2.16. The van der Waals surface area contributed by atoms with Gasteiger partial charge in [0.1, 0.15) is 0 Å². The Morgan fingerprint density at radius 2 is 2.00 bits per heavy atom. The lowest BCUT2D eigenvalue weighted by Gasteiger charge is -2.34. The van der Waals surface area contributed by atoms with Crippen molar-refractivity contribution in [2.75, 3.05) is 6.54 Å². The van der Waals surface area contributed by atoms with Crippen LogP contribution in [0.15, 0.2) is 0 Å². The zero-order valence-corrected chi connectivity index (χ0v) is 5.24. The summed E-state index contributed by atoms with van der Waals surface area (Å²) in [6.45, 7) is 0.542. The molecule has 1 rings (SSSR count). The highest BCUT2D eigenvalue weighted by atomic mass is 19.3. The predicted molar refractivity (Wildman–Crippen MR) is 31.3 cm³/mol. The van der Waals surface area contributed by atoms with Crippen molar-refractivity contribution in [2.24, 2.45) is 11.7 Å². The van der Waals surface area contributed by atoms with Gasteiger partial charge in [0.15, 0.2) is 0 Å². The van der Waals surface area contributed by atoms with Crippen LogP contribution in [0.2, 0.25) is 0 Å². The van der Waals surface area contributed by atoms with Crippen LogP contribution in [0, 0.1) is 5.92 Å². The van der Waals surface area contributed by atoms with Gasteiger partial charge in [0, 0.05) is 12.8 Å². The summed E-state index contributed by atoms with van der Waals surface area (Å²) in [6.07, 6.45) is 0.879. The molecule has 0 atom stereocenters. The van der Waals surface area contributed by atoms with Crippen LogP contribution in [-0.2, 0) is 0 Å². The van der Waals surface area contributed by atoms with Gasteiger partial charge < -0.3 is 5.73 Å². The summed E-state index contributed by atoms with van der Waals surface area (Å²) >= 11 is 0. The quantitative estimate of drug-likeness (QED) is 0.608. The standard InChI is InChI=1S/C6H11F2N/c7-6(8)3-5(4-6)1-2-9/h5H,1-4,9H2. The van der Waals surface area contributed by atoms with Crippen LogP contribution in [0.3, 0.4) is 0 Å². The van der Waals surface area contributed by atoms with Crippen molar-refractivity contribution in [3.8, 4) is 0 Å². The summed E-state index contributed by atoms with van der Waals surface area (Å²) in [4.78, 5) is 0. The van der Waals surface area contributed by atoms with E-state index < -0.39 is 5.92 Å². The van der Waals surface area contributed by atoms with Crippen LogP contribution in [0.4, 0.5) is 8.78 Å². The van der Waals surface area contributed by atoms with Crippen molar-refractivity contribution in [3.05, 3.63) is 0 Å². The van der Waals surface area contributed by atoms with Gasteiger partial charge in [-0.05, 0) is 18.9 Å². The van der Waals surface area contributed by atoms with E-state index >= 15 is 0 Å². The lowest BCUT2D eigenvalue weighted by molar-refractivity contribution is -0.111. The maximum Gasteiger partial charge on any atom is 0.248 e. The number of hydrogen-bond donors (Lipinski definition) is 1. The number of rotatable bonds is 2. The van der Waals surface area contributed by atoms with E-state index in [2.05, 4.69) is 0 Å². The van der Waals surface area contributed by atoms with E-state index in [-0.39, 0.29) is 18.8 Å². The second-order valence-corrected chi connectivity index (χ2v) is 2.71. The first-order chi connectivity index (χ1) is 4.14. The molecule has 0 aromatic carbocycles. The first-order valence-electron chi connectivity index (χ1n) is 3.22. The highest BCUT2D eigenvalue weighted by molar-refractivity contribution is 4.85. The fourth-order valence-corrected chi connectivity index (χ4v) is 1.22. The molecule has 0 aromatic rings. The second-order valence-electron chi connectivity index (χ2n) is 2.71. The molecule has 0 unspecified atom stereocenters. The monoisotopic (exact) mass is 135 g/mol. The first kappa shape index (κ1) is 6.93. The van der Waals surface area contributed by atoms with Gasteiger partial charge in [0.25, 0.3) is 0 Å². The van der Waals surface area contributed by atoms with Crippen molar-refractivity contribution in [1.29, 1.82) is 0 Å². The molecule has 1 aliphatic rings. The lowest BCUT2D eigenvalue weighted by Crippen LogP contribution is -2.36. The molecule has 0 spiro atoms. The Morgan fingerprint density at radius 1 is 1.44 bits per heavy atom. The lowest BCUT2D eigenvalue weighted by atomic mass is 9.79. The first-order valence-corrected chi connectivity index (χ1v) is 3.22. The van der Waals surface area contributed by atoms with Crippen molar-refractivity contribution >= 4 is 0 Å². The maximum atomic E-state index is 12.1. The van der Waals surface area contributed by atoms with Gasteiger partial charge in [-0.1, -0.05) is 0 Å². The summed E-state index contributed by atoms with van der Waals surface area (Å²) < 4.78 is 24.1. The van der Waals surface area contributed by atoms with E-state index in [0.717, 1.165) is 6.42 Å². The molecule has 1 nitrogen and oxygen atoms in total. The minimum Gasteiger partial charge on any atom is -0.330 e. The van der Waals surface area contributed by atoms with Crippen molar-refractivity contribution < 1.29 is 8.78 Å². The third-order valence-corrected chi connectivity index (χ3v) is 1.75. The summed E-state index contributed by atoms with van der Waals surface area (Å²) in [5, 5.41) is 0. The van der Waals surface area contributed by atoms with Gasteiger partial charge in [-0.2, -0.15) is 0 Å². The Bertz CT molecular complexity index is 95.2. The summed E-state index contributed by atoms with van der Waals surface area (Å²) in [5.41, 5.74) is 5.18.